The number of carbonyl (C=O) groups is 1. The van der Waals surface area contributed by atoms with Gasteiger partial charge >= 0.3 is 6.09 Å². The molecule has 0 unspecified atom stereocenters. The number of anilines is 1. The van der Waals surface area contributed by atoms with Crippen LogP contribution in [0, 0.1) is 10.1 Å². The van der Waals surface area contributed by atoms with E-state index in [0.29, 0.717) is 10.8 Å². The first-order valence-electron chi connectivity index (χ1n) is 5.53. The van der Waals surface area contributed by atoms with Crippen LogP contribution in [0.2, 0.25) is 5.02 Å². The van der Waals surface area contributed by atoms with Gasteiger partial charge in [0.1, 0.15) is 5.75 Å². The minimum atomic E-state index is -0.743. The van der Waals surface area contributed by atoms with Gasteiger partial charge in [-0.1, -0.05) is 17.7 Å². The highest BCUT2D eigenvalue weighted by Crippen LogP contribution is 2.19. The Morgan fingerprint density at radius 3 is 2.55 bits per heavy atom. The molecule has 0 radical (unpaired) electrons. The Labute approximate surface area is 119 Å². The van der Waals surface area contributed by atoms with Crippen LogP contribution in [0.25, 0.3) is 0 Å². The molecule has 0 aliphatic heterocycles. The Kier molecular flexibility index (Phi) is 4.17. The number of carbonyl (C=O) groups excluding carboxylic acids is 1. The first-order chi connectivity index (χ1) is 9.54. The van der Waals surface area contributed by atoms with Gasteiger partial charge < -0.3 is 4.74 Å². The van der Waals surface area contributed by atoms with Gasteiger partial charge in [0.05, 0.1) is 10.6 Å². The Morgan fingerprint density at radius 1 is 1.20 bits per heavy atom. The van der Waals surface area contributed by atoms with Crippen molar-refractivity contribution < 1.29 is 14.5 Å². The minimum Gasteiger partial charge on any atom is -0.410 e. The number of nitrogens with zero attached hydrogens (tertiary/aromatic N) is 1. The maximum atomic E-state index is 11.6. The zero-order chi connectivity index (χ0) is 14.5. The summed E-state index contributed by atoms with van der Waals surface area (Å²) in [6.45, 7) is 0. The third-order valence-corrected chi connectivity index (χ3v) is 2.58. The average Bonchev–Trinajstić information content (AvgIpc) is 2.41. The number of ether oxygens (including phenoxy) is 1. The van der Waals surface area contributed by atoms with Gasteiger partial charge in [-0.3, -0.25) is 15.4 Å². The fourth-order valence-corrected chi connectivity index (χ4v) is 1.58. The first kappa shape index (κ1) is 13.8. The standard InChI is InChI=1S/C13H9ClN2O4/c14-9-4-6-12(7-5-9)20-13(17)15-10-2-1-3-11(8-10)16(18)19/h1-8H,(H,15,17). The fraction of sp³-hybridized carbons (Fsp3) is 0. The highest BCUT2D eigenvalue weighted by atomic mass is 35.5. The Bertz CT molecular complexity index is 643. The van der Waals surface area contributed by atoms with Crippen LogP contribution < -0.4 is 10.1 Å². The monoisotopic (exact) mass is 292 g/mol. The first-order valence-corrected chi connectivity index (χ1v) is 5.91. The number of nitro benzene ring substituents is 1. The van der Waals surface area contributed by atoms with E-state index in [4.69, 9.17) is 16.3 Å². The summed E-state index contributed by atoms with van der Waals surface area (Å²) in [5.41, 5.74) is 0.160. The topological polar surface area (TPSA) is 81.5 Å². The summed E-state index contributed by atoms with van der Waals surface area (Å²) < 4.78 is 5.00. The second-order valence-corrected chi connectivity index (χ2v) is 4.21. The summed E-state index contributed by atoms with van der Waals surface area (Å²) in [7, 11) is 0. The van der Waals surface area contributed by atoms with Crippen LogP contribution in [0.3, 0.4) is 0 Å². The average molecular weight is 293 g/mol. The lowest BCUT2D eigenvalue weighted by Crippen LogP contribution is -2.16. The molecule has 0 atom stereocenters. The number of hydrogen-bond acceptors (Lipinski definition) is 4. The van der Waals surface area contributed by atoms with Gasteiger partial charge in [0, 0.05) is 17.2 Å². The van der Waals surface area contributed by atoms with E-state index < -0.39 is 11.0 Å². The van der Waals surface area contributed by atoms with Crippen LogP contribution in [0.1, 0.15) is 0 Å². The van der Waals surface area contributed by atoms with Crippen molar-refractivity contribution >= 4 is 29.1 Å². The van der Waals surface area contributed by atoms with Crippen molar-refractivity contribution in [1.82, 2.24) is 0 Å². The Hall–Kier alpha value is -2.60. The van der Waals surface area contributed by atoms with Gasteiger partial charge in [0.2, 0.25) is 0 Å². The van der Waals surface area contributed by atoms with Crippen molar-refractivity contribution in [3.05, 3.63) is 63.7 Å². The summed E-state index contributed by atoms with van der Waals surface area (Å²) in [4.78, 5) is 21.7. The minimum absolute atomic E-state index is 0.116. The van der Waals surface area contributed by atoms with E-state index in [9.17, 15) is 14.9 Å². The van der Waals surface area contributed by atoms with Gasteiger partial charge in [0.15, 0.2) is 0 Å². The number of amides is 1. The number of halogens is 1. The van der Waals surface area contributed by atoms with Crippen LogP contribution >= 0.6 is 11.6 Å². The van der Waals surface area contributed by atoms with E-state index in [2.05, 4.69) is 5.32 Å². The van der Waals surface area contributed by atoms with E-state index in [1.54, 1.807) is 12.1 Å². The normalized spacial score (nSPS) is 9.85. The molecule has 2 aromatic carbocycles. The number of nitrogens with one attached hydrogen (secondary N) is 1. The largest absolute Gasteiger partial charge is 0.417 e. The molecule has 0 fully saturated rings. The quantitative estimate of drug-likeness (QED) is 0.688. The number of benzene rings is 2. The van der Waals surface area contributed by atoms with Crippen LogP contribution in [0.4, 0.5) is 16.2 Å². The van der Waals surface area contributed by atoms with Crippen LogP contribution in [-0.2, 0) is 0 Å². The lowest BCUT2D eigenvalue weighted by molar-refractivity contribution is -0.384. The summed E-state index contributed by atoms with van der Waals surface area (Å²) >= 11 is 5.71. The maximum Gasteiger partial charge on any atom is 0.417 e. The SMILES string of the molecule is O=C(Nc1cccc([N+](=O)[O-])c1)Oc1ccc(Cl)cc1. The number of non-ortho nitro benzene ring substituents is 1. The van der Waals surface area contributed by atoms with Crippen molar-refractivity contribution in [3.8, 4) is 5.75 Å². The summed E-state index contributed by atoms with van der Waals surface area (Å²) in [5, 5.41) is 13.5. The molecule has 0 aliphatic rings. The van der Waals surface area contributed by atoms with E-state index in [0.717, 1.165) is 0 Å². The molecule has 0 heterocycles. The highest BCUT2D eigenvalue weighted by molar-refractivity contribution is 6.30. The predicted octanol–water partition coefficient (Wildman–Crippen LogP) is 3.86. The fourth-order valence-electron chi connectivity index (χ4n) is 1.45. The molecule has 1 amide bonds. The van der Waals surface area contributed by atoms with Crippen LogP contribution in [0.15, 0.2) is 48.5 Å². The van der Waals surface area contributed by atoms with Crippen molar-refractivity contribution in [1.29, 1.82) is 0 Å². The molecule has 20 heavy (non-hydrogen) atoms. The zero-order valence-corrected chi connectivity index (χ0v) is 10.8. The zero-order valence-electron chi connectivity index (χ0n) is 10.1. The van der Waals surface area contributed by atoms with Crippen LogP contribution in [-0.4, -0.2) is 11.0 Å². The highest BCUT2D eigenvalue weighted by Gasteiger charge is 2.09. The third-order valence-electron chi connectivity index (χ3n) is 2.33. The molecule has 6 nitrogen and oxygen atoms in total. The summed E-state index contributed by atoms with van der Waals surface area (Å²) in [5.74, 6) is 0.317. The second-order valence-electron chi connectivity index (χ2n) is 3.78. The molecule has 0 saturated heterocycles. The van der Waals surface area contributed by atoms with Gasteiger partial charge in [-0.15, -0.1) is 0 Å². The second kappa shape index (κ2) is 6.03. The molecule has 0 aliphatic carbocycles. The molecule has 0 aromatic heterocycles. The maximum absolute atomic E-state index is 11.6. The van der Waals surface area contributed by atoms with Gasteiger partial charge in [-0.2, -0.15) is 0 Å². The number of rotatable bonds is 3. The molecule has 0 bridgehead atoms. The molecule has 7 heteroatoms. The molecule has 102 valence electrons. The predicted molar refractivity (Wildman–Crippen MR) is 74.2 cm³/mol. The molecule has 2 rings (SSSR count). The van der Waals surface area contributed by atoms with Gasteiger partial charge in [-0.05, 0) is 30.3 Å². The summed E-state index contributed by atoms with van der Waals surface area (Å²) in [6, 6.07) is 11.8. The molecular formula is C13H9ClN2O4. The van der Waals surface area contributed by atoms with Crippen molar-refractivity contribution in [2.75, 3.05) is 5.32 Å². The third kappa shape index (κ3) is 3.69. The molecule has 0 spiro atoms. The van der Waals surface area contributed by atoms with Gasteiger partial charge in [0.25, 0.3) is 5.69 Å². The number of hydrogen-bond donors (Lipinski definition) is 1. The van der Waals surface area contributed by atoms with E-state index in [-0.39, 0.29) is 11.4 Å². The van der Waals surface area contributed by atoms with Crippen molar-refractivity contribution in [2.45, 2.75) is 0 Å². The van der Waals surface area contributed by atoms with Crippen LogP contribution in [0.5, 0.6) is 5.75 Å². The van der Waals surface area contributed by atoms with Crippen molar-refractivity contribution in [2.24, 2.45) is 0 Å². The molecule has 0 saturated carbocycles. The molecular weight excluding hydrogens is 284 g/mol. The van der Waals surface area contributed by atoms with E-state index in [1.807, 2.05) is 0 Å². The smallest absolute Gasteiger partial charge is 0.410 e. The Morgan fingerprint density at radius 2 is 1.90 bits per heavy atom. The lowest BCUT2D eigenvalue weighted by Gasteiger charge is -2.06. The molecule has 2 aromatic rings. The summed E-state index contributed by atoms with van der Waals surface area (Å²) in [6.07, 6.45) is -0.743. The Balaban J connectivity index is 2.02. The van der Waals surface area contributed by atoms with E-state index in [1.165, 1.54) is 36.4 Å². The van der Waals surface area contributed by atoms with Gasteiger partial charge in [-0.25, -0.2) is 4.79 Å². The molecule has 1 N–H and O–H groups in total. The number of nitro groups is 1. The van der Waals surface area contributed by atoms with E-state index >= 15 is 0 Å². The lowest BCUT2D eigenvalue weighted by atomic mass is 10.3. The van der Waals surface area contributed by atoms with Crippen molar-refractivity contribution in [3.63, 3.8) is 0 Å².